The lowest BCUT2D eigenvalue weighted by Gasteiger charge is -2.27. The predicted molar refractivity (Wildman–Crippen MR) is 52.0 cm³/mol. The van der Waals surface area contributed by atoms with Gasteiger partial charge in [0, 0.05) is 18.7 Å². The number of pyridine rings is 1. The molecule has 0 bridgehead atoms. The minimum atomic E-state index is -0.381. The Hall–Kier alpha value is -1.16. The smallest absolute Gasteiger partial charge is 0.217 e. The highest BCUT2D eigenvalue weighted by Gasteiger charge is 2.13. The zero-order valence-electron chi connectivity index (χ0n) is 8.16. The van der Waals surface area contributed by atoms with Gasteiger partial charge in [-0.15, -0.1) is 0 Å². The Bertz CT molecular complexity index is 324. The third kappa shape index (κ3) is 1.85. The fraction of sp³-hybridized carbons (Fsp3) is 0.500. The molecule has 0 aliphatic carbocycles. The fourth-order valence-corrected chi connectivity index (χ4v) is 1.46. The van der Waals surface area contributed by atoms with E-state index in [9.17, 15) is 4.39 Å². The summed E-state index contributed by atoms with van der Waals surface area (Å²) >= 11 is 0. The maximum atomic E-state index is 13.2. The molecule has 0 atom stereocenters. The van der Waals surface area contributed by atoms with Crippen LogP contribution in [0.3, 0.4) is 0 Å². The van der Waals surface area contributed by atoms with Gasteiger partial charge in [0.05, 0.1) is 13.2 Å². The first-order valence-electron chi connectivity index (χ1n) is 4.73. The Morgan fingerprint density at radius 1 is 1.36 bits per heavy atom. The van der Waals surface area contributed by atoms with Crippen molar-refractivity contribution in [3.05, 3.63) is 23.6 Å². The zero-order chi connectivity index (χ0) is 9.97. The van der Waals surface area contributed by atoms with Gasteiger partial charge >= 0.3 is 0 Å². The maximum absolute atomic E-state index is 13.2. The molecule has 14 heavy (non-hydrogen) atoms. The van der Waals surface area contributed by atoms with Crippen molar-refractivity contribution in [2.45, 2.75) is 6.92 Å². The van der Waals surface area contributed by atoms with Crippen LogP contribution in [0.15, 0.2) is 12.1 Å². The summed E-state index contributed by atoms with van der Waals surface area (Å²) in [5.74, 6) is 0.324. The number of halogens is 1. The van der Waals surface area contributed by atoms with Gasteiger partial charge in [-0.3, -0.25) is 0 Å². The van der Waals surface area contributed by atoms with E-state index in [1.165, 1.54) is 0 Å². The number of ether oxygens (including phenoxy) is 1. The van der Waals surface area contributed by atoms with Crippen molar-refractivity contribution in [3.63, 3.8) is 0 Å². The Balaban J connectivity index is 2.18. The summed E-state index contributed by atoms with van der Waals surface area (Å²) in [6.07, 6.45) is 0. The number of anilines is 1. The number of rotatable bonds is 1. The molecule has 0 amide bonds. The number of nitrogens with zero attached hydrogens (tertiary/aromatic N) is 2. The first kappa shape index (κ1) is 9.40. The van der Waals surface area contributed by atoms with E-state index in [0.717, 1.165) is 13.1 Å². The molecule has 1 aromatic rings. The quantitative estimate of drug-likeness (QED) is 0.634. The monoisotopic (exact) mass is 196 g/mol. The van der Waals surface area contributed by atoms with E-state index in [2.05, 4.69) is 4.98 Å². The molecule has 2 rings (SSSR count). The predicted octanol–water partition coefficient (Wildman–Crippen LogP) is 1.37. The van der Waals surface area contributed by atoms with E-state index >= 15 is 0 Å². The second-order valence-corrected chi connectivity index (χ2v) is 3.38. The third-order valence-corrected chi connectivity index (χ3v) is 2.36. The lowest BCUT2D eigenvalue weighted by molar-refractivity contribution is 0.122. The molecule has 4 heteroatoms. The number of morpholine rings is 1. The molecule has 0 spiro atoms. The third-order valence-electron chi connectivity index (χ3n) is 2.36. The largest absolute Gasteiger partial charge is 0.378 e. The molecule has 0 radical (unpaired) electrons. The Labute approximate surface area is 82.5 Å². The summed E-state index contributed by atoms with van der Waals surface area (Å²) < 4.78 is 18.4. The minimum absolute atomic E-state index is 0.381. The molecular weight excluding hydrogens is 183 g/mol. The van der Waals surface area contributed by atoms with Gasteiger partial charge in [-0.05, 0) is 13.0 Å². The molecule has 3 nitrogen and oxygen atoms in total. The average molecular weight is 196 g/mol. The van der Waals surface area contributed by atoms with E-state index < -0.39 is 0 Å². The summed E-state index contributed by atoms with van der Waals surface area (Å²) in [6, 6.07) is 3.61. The van der Waals surface area contributed by atoms with Crippen molar-refractivity contribution < 1.29 is 9.13 Å². The van der Waals surface area contributed by atoms with Crippen LogP contribution in [-0.2, 0) is 4.74 Å². The van der Waals surface area contributed by atoms with Crippen LogP contribution in [0, 0.1) is 12.9 Å². The second-order valence-electron chi connectivity index (χ2n) is 3.38. The van der Waals surface area contributed by atoms with Crippen LogP contribution in [0.4, 0.5) is 10.2 Å². The molecule has 1 aromatic heterocycles. The van der Waals surface area contributed by atoms with Gasteiger partial charge in [-0.2, -0.15) is 4.39 Å². The van der Waals surface area contributed by atoms with E-state index in [1.807, 2.05) is 11.0 Å². The van der Waals surface area contributed by atoms with Crippen LogP contribution >= 0.6 is 0 Å². The highest BCUT2D eigenvalue weighted by Crippen LogP contribution is 2.14. The Morgan fingerprint density at radius 3 is 2.71 bits per heavy atom. The molecule has 0 aromatic carbocycles. The van der Waals surface area contributed by atoms with E-state index in [0.29, 0.717) is 24.6 Å². The van der Waals surface area contributed by atoms with E-state index in [4.69, 9.17) is 4.74 Å². The summed E-state index contributed by atoms with van der Waals surface area (Å²) in [6.45, 7) is 4.67. The molecule has 1 saturated heterocycles. The standard InChI is InChI=1S/C10H13FN2O/c1-8-2-3-9(12-10(8)11)13-4-6-14-7-5-13/h2-3H,4-7H2,1H3. The summed E-state index contributed by atoms with van der Waals surface area (Å²) in [5.41, 5.74) is 0.585. The first-order chi connectivity index (χ1) is 6.77. The van der Waals surface area contributed by atoms with Crippen molar-refractivity contribution in [3.8, 4) is 0 Å². The number of hydrogen-bond acceptors (Lipinski definition) is 3. The maximum Gasteiger partial charge on any atom is 0.217 e. The first-order valence-corrected chi connectivity index (χ1v) is 4.73. The van der Waals surface area contributed by atoms with Gasteiger partial charge in [-0.25, -0.2) is 4.98 Å². The van der Waals surface area contributed by atoms with Gasteiger partial charge in [-0.1, -0.05) is 6.07 Å². The van der Waals surface area contributed by atoms with Crippen molar-refractivity contribution >= 4 is 5.82 Å². The molecule has 1 fully saturated rings. The molecule has 0 unspecified atom stereocenters. The second kappa shape index (κ2) is 3.92. The number of aryl methyl sites for hydroxylation is 1. The zero-order valence-corrected chi connectivity index (χ0v) is 8.16. The fourth-order valence-electron chi connectivity index (χ4n) is 1.46. The van der Waals surface area contributed by atoms with Crippen LogP contribution in [0.2, 0.25) is 0 Å². The van der Waals surface area contributed by atoms with Gasteiger partial charge in [0.2, 0.25) is 5.95 Å². The average Bonchev–Trinajstić information content (AvgIpc) is 2.23. The molecule has 0 saturated carbocycles. The SMILES string of the molecule is Cc1ccc(N2CCOCC2)nc1F. The van der Waals surface area contributed by atoms with Crippen LogP contribution in [0.25, 0.3) is 0 Å². The van der Waals surface area contributed by atoms with Crippen molar-refractivity contribution in [1.29, 1.82) is 0 Å². The molecule has 1 aliphatic rings. The van der Waals surface area contributed by atoms with Crippen LogP contribution in [0.5, 0.6) is 0 Å². The molecule has 1 aliphatic heterocycles. The molecule has 2 heterocycles. The van der Waals surface area contributed by atoms with Crippen LogP contribution < -0.4 is 4.90 Å². The van der Waals surface area contributed by atoms with Gasteiger partial charge < -0.3 is 9.64 Å². The van der Waals surface area contributed by atoms with Gasteiger partial charge in [0.25, 0.3) is 0 Å². The molecule has 0 N–H and O–H groups in total. The summed E-state index contributed by atoms with van der Waals surface area (Å²) in [4.78, 5) is 5.93. The van der Waals surface area contributed by atoms with E-state index in [1.54, 1.807) is 13.0 Å². The summed E-state index contributed by atoms with van der Waals surface area (Å²) in [7, 11) is 0. The Morgan fingerprint density at radius 2 is 2.07 bits per heavy atom. The van der Waals surface area contributed by atoms with Crippen molar-refractivity contribution in [2.24, 2.45) is 0 Å². The highest BCUT2D eigenvalue weighted by molar-refractivity contribution is 5.39. The molecular formula is C10H13FN2O. The number of hydrogen-bond donors (Lipinski definition) is 0. The van der Waals surface area contributed by atoms with Gasteiger partial charge in [0.15, 0.2) is 0 Å². The van der Waals surface area contributed by atoms with Crippen molar-refractivity contribution in [1.82, 2.24) is 4.98 Å². The van der Waals surface area contributed by atoms with Crippen molar-refractivity contribution in [2.75, 3.05) is 31.2 Å². The lowest BCUT2D eigenvalue weighted by atomic mass is 10.3. The summed E-state index contributed by atoms with van der Waals surface area (Å²) in [5, 5.41) is 0. The topological polar surface area (TPSA) is 25.4 Å². The lowest BCUT2D eigenvalue weighted by Crippen LogP contribution is -2.36. The highest BCUT2D eigenvalue weighted by atomic mass is 19.1. The van der Waals surface area contributed by atoms with Crippen LogP contribution in [-0.4, -0.2) is 31.3 Å². The Kier molecular flexibility index (Phi) is 2.63. The normalized spacial score (nSPS) is 17.1. The van der Waals surface area contributed by atoms with Crippen LogP contribution in [0.1, 0.15) is 5.56 Å². The molecule has 76 valence electrons. The van der Waals surface area contributed by atoms with Gasteiger partial charge in [0.1, 0.15) is 5.82 Å². The van der Waals surface area contributed by atoms with E-state index in [-0.39, 0.29) is 5.95 Å². The minimum Gasteiger partial charge on any atom is -0.378 e. The number of aromatic nitrogens is 1.